The van der Waals surface area contributed by atoms with E-state index in [1.807, 2.05) is 7.05 Å². The Labute approximate surface area is 138 Å². The zero-order valence-electron chi connectivity index (χ0n) is 13.6. The minimum absolute atomic E-state index is 0.0209. The predicted molar refractivity (Wildman–Crippen MR) is 80.9 cm³/mol. The van der Waals surface area contributed by atoms with Gasteiger partial charge in [-0.25, -0.2) is 0 Å². The Balaban J connectivity index is 1.87. The van der Waals surface area contributed by atoms with Gasteiger partial charge in [-0.15, -0.1) is 13.2 Å². The van der Waals surface area contributed by atoms with E-state index in [2.05, 4.69) is 9.64 Å². The number of ketones is 1. The summed E-state index contributed by atoms with van der Waals surface area (Å²) in [4.78, 5) is 13.8. The van der Waals surface area contributed by atoms with Crippen LogP contribution < -0.4 is 9.47 Å². The van der Waals surface area contributed by atoms with Gasteiger partial charge in [-0.1, -0.05) is 6.07 Å². The van der Waals surface area contributed by atoms with Crippen LogP contribution in [0.15, 0.2) is 18.2 Å². The first kappa shape index (κ1) is 17.1. The number of nitrogens with zero attached hydrogens (tertiary/aromatic N) is 1. The van der Waals surface area contributed by atoms with E-state index in [1.165, 1.54) is 19.2 Å². The summed E-state index contributed by atoms with van der Waals surface area (Å²) in [5, 5.41) is 0. The fraction of sp³-hybridized carbons (Fsp3) is 0.588. The van der Waals surface area contributed by atoms with Gasteiger partial charge in [-0.3, -0.25) is 9.69 Å². The third kappa shape index (κ3) is 3.36. The zero-order valence-corrected chi connectivity index (χ0v) is 13.6. The van der Waals surface area contributed by atoms with Crippen molar-refractivity contribution in [3.8, 4) is 11.5 Å². The lowest BCUT2D eigenvalue weighted by molar-refractivity contribution is -0.275. The van der Waals surface area contributed by atoms with Gasteiger partial charge in [0.15, 0.2) is 11.5 Å². The number of likely N-dealkylation sites (tertiary alicyclic amines) is 1. The van der Waals surface area contributed by atoms with Crippen LogP contribution >= 0.6 is 0 Å². The van der Waals surface area contributed by atoms with Gasteiger partial charge in [-0.2, -0.15) is 0 Å². The molecule has 1 saturated heterocycles. The second-order valence-electron chi connectivity index (χ2n) is 6.48. The van der Waals surface area contributed by atoms with Gasteiger partial charge < -0.3 is 9.47 Å². The van der Waals surface area contributed by atoms with E-state index < -0.39 is 6.36 Å². The first-order valence-corrected chi connectivity index (χ1v) is 7.96. The summed E-state index contributed by atoms with van der Waals surface area (Å²) < 4.78 is 46.9. The smallest absolute Gasteiger partial charge is 0.493 e. The van der Waals surface area contributed by atoms with Crippen molar-refractivity contribution >= 4 is 5.78 Å². The monoisotopic (exact) mass is 343 g/mol. The van der Waals surface area contributed by atoms with E-state index in [9.17, 15) is 18.0 Å². The van der Waals surface area contributed by atoms with E-state index in [1.54, 1.807) is 6.07 Å². The van der Waals surface area contributed by atoms with Gasteiger partial charge in [0.25, 0.3) is 0 Å². The molecule has 0 bridgehead atoms. The lowest BCUT2D eigenvalue weighted by Crippen LogP contribution is -2.35. The fourth-order valence-electron chi connectivity index (χ4n) is 3.95. The fourth-order valence-corrected chi connectivity index (χ4v) is 3.95. The Kier molecular flexibility index (Phi) is 4.46. The molecule has 0 N–H and O–H groups in total. The summed E-state index contributed by atoms with van der Waals surface area (Å²) in [6.45, 7) is 0. The number of hydrogen-bond acceptors (Lipinski definition) is 4. The highest BCUT2D eigenvalue weighted by Gasteiger charge is 2.43. The van der Waals surface area contributed by atoms with E-state index in [4.69, 9.17) is 4.74 Å². The number of rotatable bonds is 3. The van der Waals surface area contributed by atoms with Crippen molar-refractivity contribution in [3.63, 3.8) is 0 Å². The second-order valence-corrected chi connectivity index (χ2v) is 6.48. The molecule has 1 aromatic rings. The van der Waals surface area contributed by atoms with Crippen molar-refractivity contribution in [2.24, 2.45) is 5.92 Å². The molecule has 4 nitrogen and oxygen atoms in total. The second kappa shape index (κ2) is 6.27. The van der Waals surface area contributed by atoms with Crippen molar-refractivity contribution in [3.05, 3.63) is 23.8 Å². The van der Waals surface area contributed by atoms with E-state index in [-0.39, 0.29) is 29.4 Å². The normalized spacial score (nSPS) is 27.9. The lowest BCUT2D eigenvalue weighted by Gasteiger charge is -2.30. The summed E-state index contributed by atoms with van der Waals surface area (Å²) in [6.07, 6.45) is -1.95. The molecule has 0 radical (unpaired) electrons. The molecule has 0 amide bonds. The summed E-state index contributed by atoms with van der Waals surface area (Å²) >= 11 is 0. The topological polar surface area (TPSA) is 38.8 Å². The van der Waals surface area contributed by atoms with Gasteiger partial charge >= 0.3 is 6.36 Å². The Morgan fingerprint density at radius 3 is 2.67 bits per heavy atom. The van der Waals surface area contributed by atoms with E-state index in [0.717, 1.165) is 18.4 Å². The molecule has 1 saturated carbocycles. The van der Waals surface area contributed by atoms with Crippen LogP contribution in [0.1, 0.15) is 37.3 Å². The van der Waals surface area contributed by atoms with Crippen LogP contribution in [0.4, 0.5) is 13.2 Å². The molecule has 1 aromatic carbocycles. The maximum atomic E-state index is 12.6. The molecule has 7 heteroatoms. The molecule has 3 atom stereocenters. The Morgan fingerprint density at radius 1 is 1.25 bits per heavy atom. The summed E-state index contributed by atoms with van der Waals surface area (Å²) in [5.74, 6) is 0.387. The highest BCUT2D eigenvalue weighted by atomic mass is 19.4. The van der Waals surface area contributed by atoms with Crippen molar-refractivity contribution in [2.75, 3.05) is 14.2 Å². The molecule has 1 heterocycles. The van der Waals surface area contributed by atoms with Crippen molar-refractivity contribution < 1.29 is 27.4 Å². The molecule has 0 aromatic heterocycles. The molecular formula is C17H20F3NO3. The Hall–Kier alpha value is -1.76. The first-order chi connectivity index (χ1) is 11.3. The summed E-state index contributed by atoms with van der Waals surface area (Å²) in [5.41, 5.74) is 0.749. The standard InChI is InChI=1S/C17H20F3NO3/c1-21-13(7-10-3-5-12(22)9-14(10)21)11-4-6-15(23-2)16(8-11)24-17(18,19)20/h4,6,8,10,13-14H,3,5,7,9H2,1-2H3. The average Bonchev–Trinajstić information content (AvgIpc) is 2.82. The molecule has 1 aliphatic heterocycles. The quantitative estimate of drug-likeness (QED) is 0.839. The van der Waals surface area contributed by atoms with Crippen molar-refractivity contribution in [1.82, 2.24) is 4.90 Å². The molecule has 3 rings (SSSR count). The molecule has 132 valence electrons. The Bertz CT molecular complexity index is 632. The average molecular weight is 343 g/mol. The zero-order chi connectivity index (χ0) is 17.5. The first-order valence-electron chi connectivity index (χ1n) is 7.96. The third-order valence-corrected chi connectivity index (χ3v) is 5.11. The van der Waals surface area contributed by atoms with Gasteiger partial charge in [0.1, 0.15) is 5.78 Å². The number of alkyl halides is 3. The van der Waals surface area contributed by atoms with E-state index in [0.29, 0.717) is 18.8 Å². The SMILES string of the molecule is COc1ccc(C2CC3CCC(=O)CC3N2C)cc1OC(F)(F)F. The number of Topliss-reactive ketones (excluding diaryl/α,β-unsaturated/α-hetero) is 1. The minimum atomic E-state index is -4.77. The van der Waals surface area contributed by atoms with Crippen molar-refractivity contribution in [1.29, 1.82) is 0 Å². The minimum Gasteiger partial charge on any atom is -0.493 e. The number of carbonyl (C=O) groups excluding carboxylic acids is 1. The largest absolute Gasteiger partial charge is 0.573 e. The van der Waals surface area contributed by atoms with Crippen LogP contribution in [-0.4, -0.2) is 37.2 Å². The summed E-state index contributed by atoms with van der Waals surface area (Å²) in [6, 6.07) is 4.81. The van der Waals surface area contributed by atoms with E-state index >= 15 is 0 Å². The van der Waals surface area contributed by atoms with Gasteiger partial charge in [0, 0.05) is 24.9 Å². The molecule has 1 aliphatic carbocycles. The van der Waals surface area contributed by atoms with Gasteiger partial charge in [-0.05, 0) is 43.5 Å². The number of fused-ring (bicyclic) bond motifs is 1. The van der Waals surface area contributed by atoms with Crippen LogP contribution in [-0.2, 0) is 4.79 Å². The molecule has 2 aliphatic rings. The van der Waals surface area contributed by atoms with Crippen LogP contribution in [0.3, 0.4) is 0 Å². The van der Waals surface area contributed by atoms with Gasteiger partial charge in [0.2, 0.25) is 0 Å². The molecule has 24 heavy (non-hydrogen) atoms. The summed E-state index contributed by atoms with van der Waals surface area (Å²) in [7, 11) is 3.24. The number of ether oxygens (including phenoxy) is 2. The number of benzene rings is 1. The molecule has 3 unspecified atom stereocenters. The van der Waals surface area contributed by atoms with Crippen LogP contribution in [0.25, 0.3) is 0 Å². The maximum Gasteiger partial charge on any atom is 0.573 e. The molecule has 2 fully saturated rings. The molecule has 0 spiro atoms. The highest BCUT2D eigenvalue weighted by Crippen LogP contribution is 2.46. The number of methoxy groups -OCH3 is 1. The number of carbonyl (C=O) groups is 1. The lowest BCUT2D eigenvalue weighted by atomic mass is 9.83. The molecular weight excluding hydrogens is 323 g/mol. The Morgan fingerprint density at radius 2 is 2.00 bits per heavy atom. The number of hydrogen-bond donors (Lipinski definition) is 0. The van der Waals surface area contributed by atoms with Crippen molar-refractivity contribution in [2.45, 2.75) is 44.1 Å². The highest BCUT2D eigenvalue weighted by molar-refractivity contribution is 5.80. The predicted octanol–water partition coefficient (Wildman–Crippen LogP) is 3.71. The van der Waals surface area contributed by atoms with Crippen LogP contribution in [0, 0.1) is 5.92 Å². The third-order valence-electron chi connectivity index (χ3n) is 5.11. The van der Waals surface area contributed by atoms with Crippen LogP contribution in [0.2, 0.25) is 0 Å². The maximum absolute atomic E-state index is 12.6. The van der Waals surface area contributed by atoms with Gasteiger partial charge in [0.05, 0.1) is 7.11 Å². The van der Waals surface area contributed by atoms with Crippen LogP contribution in [0.5, 0.6) is 11.5 Å². The number of halogens is 3.